The average Bonchev–Trinajstić information content (AvgIpc) is 2.92. The maximum absolute atomic E-state index is 2.58. The maximum atomic E-state index is 2.58. The topological polar surface area (TPSA) is 3.88 Å². The summed E-state index contributed by atoms with van der Waals surface area (Å²) in [7, 11) is 0. The van der Waals surface area contributed by atoms with E-state index in [0.717, 1.165) is 19.4 Å². The van der Waals surface area contributed by atoms with Crippen LogP contribution >= 0.6 is 0 Å². The SMILES string of the molecule is Cc1ccc(C)c2c1CCc1c(-c3ccccc3)cc(-c3ccccc3)[n+](Cc3ccccc3)c1-2. The maximum Gasteiger partial charge on any atom is 0.217 e. The second-order valence-electron chi connectivity index (χ2n) is 9.63. The van der Waals surface area contributed by atoms with E-state index >= 15 is 0 Å². The third-order valence-electron chi connectivity index (χ3n) is 7.41. The van der Waals surface area contributed by atoms with Crippen molar-refractivity contribution in [2.75, 3.05) is 0 Å². The molecule has 0 N–H and O–H groups in total. The lowest BCUT2D eigenvalue weighted by molar-refractivity contribution is -0.667. The molecular formula is C34H30N+. The molecule has 1 heteroatoms. The molecule has 6 rings (SSSR count). The molecule has 1 heterocycles. The van der Waals surface area contributed by atoms with E-state index in [1.807, 2.05) is 0 Å². The fourth-order valence-electron chi connectivity index (χ4n) is 5.68. The van der Waals surface area contributed by atoms with Crippen LogP contribution in [-0.2, 0) is 19.4 Å². The van der Waals surface area contributed by atoms with Crippen molar-refractivity contribution in [2.45, 2.75) is 33.2 Å². The molecule has 1 nitrogen and oxygen atoms in total. The third kappa shape index (κ3) is 3.88. The van der Waals surface area contributed by atoms with Crippen LogP contribution in [0.15, 0.2) is 109 Å². The van der Waals surface area contributed by atoms with Crippen molar-refractivity contribution in [1.82, 2.24) is 0 Å². The number of benzene rings is 4. The monoisotopic (exact) mass is 452 g/mol. The van der Waals surface area contributed by atoms with Crippen LogP contribution in [0.25, 0.3) is 33.6 Å². The van der Waals surface area contributed by atoms with Crippen molar-refractivity contribution in [1.29, 1.82) is 0 Å². The average molecular weight is 453 g/mol. The van der Waals surface area contributed by atoms with E-state index in [0.29, 0.717) is 0 Å². The molecule has 0 saturated heterocycles. The zero-order valence-electron chi connectivity index (χ0n) is 20.5. The van der Waals surface area contributed by atoms with E-state index in [2.05, 4.69) is 128 Å². The predicted molar refractivity (Wildman–Crippen MR) is 145 cm³/mol. The molecule has 4 aromatic carbocycles. The van der Waals surface area contributed by atoms with Gasteiger partial charge in [0.2, 0.25) is 11.4 Å². The van der Waals surface area contributed by atoms with Gasteiger partial charge < -0.3 is 0 Å². The molecule has 1 aliphatic rings. The van der Waals surface area contributed by atoms with Gasteiger partial charge in [0.25, 0.3) is 0 Å². The Morgan fingerprint density at radius 3 is 1.86 bits per heavy atom. The minimum atomic E-state index is 0.843. The van der Waals surface area contributed by atoms with Crippen LogP contribution < -0.4 is 4.57 Å². The Bertz CT molecular complexity index is 1500. The summed E-state index contributed by atoms with van der Waals surface area (Å²) >= 11 is 0. The summed E-state index contributed by atoms with van der Waals surface area (Å²) in [5.74, 6) is 0. The summed E-state index contributed by atoms with van der Waals surface area (Å²) in [5.41, 5.74) is 15.0. The summed E-state index contributed by atoms with van der Waals surface area (Å²) in [5, 5.41) is 0. The summed E-state index contributed by atoms with van der Waals surface area (Å²) in [4.78, 5) is 0. The van der Waals surface area contributed by atoms with Crippen LogP contribution in [0.2, 0.25) is 0 Å². The van der Waals surface area contributed by atoms with Gasteiger partial charge in [-0.25, -0.2) is 0 Å². The van der Waals surface area contributed by atoms with Crippen LogP contribution in [0.5, 0.6) is 0 Å². The van der Waals surface area contributed by atoms with Crippen LogP contribution in [0.1, 0.15) is 27.8 Å². The van der Waals surface area contributed by atoms with Crippen molar-refractivity contribution in [3.63, 3.8) is 0 Å². The van der Waals surface area contributed by atoms with Gasteiger partial charge in [-0.2, -0.15) is 4.57 Å². The summed E-state index contributed by atoms with van der Waals surface area (Å²) in [6, 6.07) is 39.7. The fourth-order valence-corrected chi connectivity index (χ4v) is 5.68. The molecule has 0 amide bonds. The number of aromatic nitrogens is 1. The quantitative estimate of drug-likeness (QED) is 0.246. The lowest BCUT2D eigenvalue weighted by atomic mass is 9.80. The Balaban J connectivity index is 1.74. The molecule has 0 fully saturated rings. The zero-order valence-corrected chi connectivity index (χ0v) is 20.5. The molecule has 0 unspecified atom stereocenters. The lowest BCUT2D eigenvalue weighted by Gasteiger charge is -2.25. The molecule has 0 saturated carbocycles. The first-order valence-electron chi connectivity index (χ1n) is 12.5. The van der Waals surface area contributed by atoms with Gasteiger partial charge in [-0.1, -0.05) is 91.0 Å². The summed E-state index contributed by atoms with van der Waals surface area (Å²) < 4.78 is 2.58. The van der Waals surface area contributed by atoms with Crippen molar-refractivity contribution < 1.29 is 4.57 Å². The van der Waals surface area contributed by atoms with Crippen LogP contribution in [0.3, 0.4) is 0 Å². The molecule has 1 aromatic heterocycles. The summed E-state index contributed by atoms with van der Waals surface area (Å²) in [6.07, 6.45) is 2.15. The number of nitrogens with zero attached hydrogens (tertiary/aromatic N) is 1. The molecule has 1 aliphatic carbocycles. The van der Waals surface area contributed by atoms with Crippen LogP contribution in [0, 0.1) is 13.8 Å². The number of aryl methyl sites for hydroxylation is 2. The molecule has 0 bridgehead atoms. The third-order valence-corrected chi connectivity index (χ3v) is 7.41. The minimum absolute atomic E-state index is 0.843. The van der Waals surface area contributed by atoms with Gasteiger partial charge in [0.05, 0.1) is 5.56 Å². The zero-order chi connectivity index (χ0) is 23.8. The molecule has 0 spiro atoms. The first kappa shape index (κ1) is 21.6. The van der Waals surface area contributed by atoms with Gasteiger partial charge >= 0.3 is 0 Å². The molecule has 5 aromatic rings. The van der Waals surface area contributed by atoms with Gasteiger partial charge in [0.15, 0.2) is 6.54 Å². The van der Waals surface area contributed by atoms with Crippen molar-refractivity contribution in [3.8, 4) is 33.6 Å². The first-order chi connectivity index (χ1) is 17.2. The highest BCUT2D eigenvalue weighted by Gasteiger charge is 2.33. The van der Waals surface area contributed by atoms with Gasteiger partial charge in [0.1, 0.15) is 0 Å². The molecule has 0 radical (unpaired) electrons. The molecule has 35 heavy (non-hydrogen) atoms. The van der Waals surface area contributed by atoms with E-state index in [-0.39, 0.29) is 0 Å². The van der Waals surface area contributed by atoms with E-state index in [4.69, 9.17) is 0 Å². The van der Waals surface area contributed by atoms with E-state index in [9.17, 15) is 0 Å². The highest BCUT2D eigenvalue weighted by atomic mass is 15.0. The van der Waals surface area contributed by atoms with Gasteiger partial charge in [0, 0.05) is 22.8 Å². The highest BCUT2D eigenvalue weighted by Crippen LogP contribution is 2.41. The molecule has 0 aliphatic heterocycles. The Hall–Kier alpha value is -3.97. The Kier molecular flexibility index (Phi) is 5.54. The fraction of sp³-hybridized carbons (Fsp3) is 0.147. The van der Waals surface area contributed by atoms with Crippen LogP contribution in [-0.4, -0.2) is 0 Å². The Morgan fingerprint density at radius 2 is 1.17 bits per heavy atom. The second-order valence-corrected chi connectivity index (χ2v) is 9.63. The normalized spacial score (nSPS) is 12.2. The number of hydrogen-bond donors (Lipinski definition) is 0. The van der Waals surface area contributed by atoms with E-state index in [1.165, 1.54) is 61.5 Å². The lowest BCUT2D eigenvalue weighted by Crippen LogP contribution is -2.42. The Labute approximate surface area is 208 Å². The standard InChI is InChI=1S/C34H30N/c1-24-18-19-25(2)33-29(24)20-21-30-31(27-14-8-4-9-15-27)22-32(28-16-10-5-11-17-28)35(34(30)33)23-26-12-6-3-7-13-26/h3-19,22H,20-21,23H2,1-2H3/q+1. The molecule has 0 atom stereocenters. The van der Waals surface area contributed by atoms with Crippen molar-refractivity contribution in [2.24, 2.45) is 0 Å². The number of fused-ring (bicyclic) bond motifs is 3. The van der Waals surface area contributed by atoms with Crippen molar-refractivity contribution >= 4 is 0 Å². The van der Waals surface area contributed by atoms with Gasteiger partial charge in [-0.05, 0) is 66.6 Å². The largest absolute Gasteiger partial charge is 0.217 e. The van der Waals surface area contributed by atoms with Crippen molar-refractivity contribution in [3.05, 3.63) is 137 Å². The first-order valence-corrected chi connectivity index (χ1v) is 12.5. The van der Waals surface area contributed by atoms with Crippen LogP contribution in [0.4, 0.5) is 0 Å². The minimum Gasteiger partial charge on any atom is -0.187 e. The second kappa shape index (κ2) is 9.00. The Morgan fingerprint density at radius 1 is 0.600 bits per heavy atom. The highest BCUT2D eigenvalue weighted by molar-refractivity contribution is 5.82. The smallest absolute Gasteiger partial charge is 0.187 e. The number of hydrogen-bond acceptors (Lipinski definition) is 0. The van der Waals surface area contributed by atoms with Gasteiger partial charge in [-0.3, -0.25) is 0 Å². The van der Waals surface area contributed by atoms with E-state index < -0.39 is 0 Å². The number of pyridine rings is 1. The van der Waals surface area contributed by atoms with Gasteiger partial charge in [-0.15, -0.1) is 0 Å². The molecule has 170 valence electrons. The van der Waals surface area contributed by atoms with E-state index in [1.54, 1.807) is 0 Å². The summed E-state index contributed by atoms with van der Waals surface area (Å²) in [6.45, 7) is 5.39. The molecular weight excluding hydrogens is 422 g/mol. The number of rotatable bonds is 4. The predicted octanol–water partition coefficient (Wildman–Crippen LogP) is 7.74.